The van der Waals surface area contributed by atoms with Gasteiger partial charge in [0.05, 0.1) is 11.6 Å². The maximum atomic E-state index is 5.90. The van der Waals surface area contributed by atoms with E-state index in [1.54, 1.807) is 17.9 Å². The second-order valence-corrected chi connectivity index (χ2v) is 6.39. The number of aryl methyl sites for hydroxylation is 1. The summed E-state index contributed by atoms with van der Waals surface area (Å²) >= 11 is 5.90. The Hall–Kier alpha value is -2.14. The van der Waals surface area contributed by atoms with Crippen LogP contribution in [0.2, 0.25) is 5.02 Å². The first-order chi connectivity index (χ1) is 13.2. The van der Waals surface area contributed by atoms with Gasteiger partial charge in [-0.1, -0.05) is 23.7 Å². The molecule has 2 aromatic heterocycles. The van der Waals surface area contributed by atoms with Gasteiger partial charge in [-0.3, -0.25) is 9.67 Å². The number of hydrogen-bond acceptors (Lipinski definition) is 5. The van der Waals surface area contributed by atoms with Crippen LogP contribution < -0.4 is 16.0 Å². The summed E-state index contributed by atoms with van der Waals surface area (Å²) in [6.07, 6.45) is 4.20. The van der Waals surface area contributed by atoms with Gasteiger partial charge in [0.2, 0.25) is 0 Å². The molecular formula is C18H24ClIN8. The monoisotopic (exact) mass is 514 g/mol. The largest absolute Gasteiger partial charge is 0.368 e. The van der Waals surface area contributed by atoms with Crippen molar-refractivity contribution < 1.29 is 0 Å². The number of nitrogens with zero attached hydrogens (tertiary/aromatic N) is 5. The number of hydrogen-bond donors (Lipinski definition) is 3. The minimum atomic E-state index is 0. The van der Waals surface area contributed by atoms with Gasteiger partial charge in [0.25, 0.3) is 0 Å². The minimum Gasteiger partial charge on any atom is -0.368 e. The van der Waals surface area contributed by atoms with E-state index in [-0.39, 0.29) is 24.0 Å². The van der Waals surface area contributed by atoms with E-state index in [2.05, 4.69) is 36.0 Å². The molecule has 0 aliphatic heterocycles. The van der Waals surface area contributed by atoms with E-state index >= 15 is 0 Å². The Kier molecular flexibility index (Phi) is 8.71. The van der Waals surface area contributed by atoms with Crippen molar-refractivity contribution in [2.45, 2.75) is 6.42 Å². The van der Waals surface area contributed by atoms with Gasteiger partial charge in [-0.25, -0.2) is 9.97 Å². The SMILES string of the molecule is CN=C(NCCNc1ncnc2c1cnn2C)NCCc1ccc(Cl)cc1.I. The molecule has 0 bridgehead atoms. The van der Waals surface area contributed by atoms with E-state index in [0.717, 1.165) is 40.8 Å². The lowest BCUT2D eigenvalue weighted by molar-refractivity contribution is 0.785. The fraction of sp³-hybridized carbons (Fsp3) is 0.333. The fourth-order valence-corrected chi connectivity index (χ4v) is 2.79. The van der Waals surface area contributed by atoms with Crippen LogP contribution in [0.25, 0.3) is 11.0 Å². The summed E-state index contributed by atoms with van der Waals surface area (Å²) in [5.41, 5.74) is 2.04. The Bertz CT molecular complexity index is 910. The molecule has 28 heavy (non-hydrogen) atoms. The van der Waals surface area contributed by atoms with Crippen LogP contribution in [-0.2, 0) is 13.5 Å². The molecule has 8 nitrogen and oxygen atoms in total. The van der Waals surface area contributed by atoms with Crippen LogP contribution in [0, 0.1) is 0 Å². The predicted octanol–water partition coefficient (Wildman–Crippen LogP) is 2.45. The highest BCUT2D eigenvalue weighted by molar-refractivity contribution is 14.0. The first-order valence-corrected chi connectivity index (χ1v) is 9.10. The van der Waals surface area contributed by atoms with Crippen LogP contribution >= 0.6 is 35.6 Å². The normalized spacial score (nSPS) is 11.2. The number of rotatable bonds is 7. The lowest BCUT2D eigenvalue weighted by atomic mass is 10.1. The highest BCUT2D eigenvalue weighted by atomic mass is 127. The van der Waals surface area contributed by atoms with Crippen LogP contribution in [0.4, 0.5) is 5.82 Å². The summed E-state index contributed by atoms with van der Waals surface area (Å²) in [6.45, 7) is 2.18. The molecule has 3 N–H and O–H groups in total. The van der Waals surface area contributed by atoms with Crippen LogP contribution in [0.3, 0.4) is 0 Å². The lowest BCUT2D eigenvalue weighted by Gasteiger charge is -2.12. The number of benzene rings is 1. The Balaban J connectivity index is 0.00000280. The zero-order valence-corrected chi connectivity index (χ0v) is 18.9. The molecule has 10 heteroatoms. The number of aromatic nitrogens is 4. The topological polar surface area (TPSA) is 92.1 Å². The van der Waals surface area contributed by atoms with Crippen molar-refractivity contribution in [1.82, 2.24) is 30.4 Å². The number of halogens is 2. The molecule has 3 rings (SSSR count). The fourth-order valence-electron chi connectivity index (χ4n) is 2.66. The molecule has 0 spiro atoms. The lowest BCUT2D eigenvalue weighted by Crippen LogP contribution is -2.40. The Morgan fingerprint density at radius 3 is 2.61 bits per heavy atom. The van der Waals surface area contributed by atoms with Gasteiger partial charge < -0.3 is 16.0 Å². The predicted molar refractivity (Wildman–Crippen MR) is 125 cm³/mol. The first kappa shape index (κ1) is 22.2. The number of guanidine groups is 1. The second kappa shape index (κ2) is 11.0. The maximum absolute atomic E-state index is 5.90. The molecule has 0 radical (unpaired) electrons. The first-order valence-electron chi connectivity index (χ1n) is 8.73. The van der Waals surface area contributed by atoms with Gasteiger partial charge in [-0.2, -0.15) is 5.10 Å². The van der Waals surface area contributed by atoms with Gasteiger partial charge in [0.15, 0.2) is 11.6 Å². The van der Waals surface area contributed by atoms with Gasteiger partial charge >= 0.3 is 0 Å². The standard InChI is InChI=1S/C18H23ClN8.HI/c1-20-18(22-8-7-13-3-5-14(19)6-4-13)23-10-9-21-16-15-11-26-27(2)17(15)25-12-24-16;/h3-6,11-12H,7-10H2,1-2H3,(H2,20,22,23)(H,21,24,25);1H. The third-order valence-electron chi connectivity index (χ3n) is 4.08. The molecule has 0 aliphatic carbocycles. The number of nitrogens with one attached hydrogen (secondary N) is 3. The van der Waals surface area contributed by atoms with Gasteiger partial charge in [-0.15, -0.1) is 24.0 Å². The zero-order valence-electron chi connectivity index (χ0n) is 15.8. The van der Waals surface area contributed by atoms with E-state index in [0.29, 0.717) is 13.1 Å². The third kappa shape index (κ3) is 5.93. The van der Waals surface area contributed by atoms with Crippen LogP contribution in [0.5, 0.6) is 0 Å². The van der Waals surface area contributed by atoms with Crippen molar-refractivity contribution in [2.75, 3.05) is 32.0 Å². The van der Waals surface area contributed by atoms with E-state index in [4.69, 9.17) is 11.6 Å². The molecule has 3 aromatic rings. The number of aliphatic imine (C=N–C) groups is 1. The van der Waals surface area contributed by atoms with Gasteiger partial charge in [0.1, 0.15) is 12.1 Å². The molecule has 0 unspecified atom stereocenters. The van der Waals surface area contributed by atoms with E-state index in [1.807, 2.05) is 31.3 Å². The average molecular weight is 515 g/mol. The Morgan fingerprint density at radius 1 is 1.11 bits per heavy atom. The van der Waals surface area contributed by atoms with Crippen molar-refractivity contribution in [2.24, 2.45) is 12.0 Å². The van der Waals surface area contributed by atoms with Gasteiger partial charge in [-0.05, 0) is 24.1 Å². The van der Waals surface area contributed by atoms with Crippen molar-refractivity contribution in [1.29, 1.82) is 0 Å². The summed E-state index contributed by atoms with van der Waals surface area (Å²) < 4.78 is 1.73. The zero-order chi connectivity index (χ0) is 19.1. The maximum Gasteiger partial charge on any atom is 0.191 e. The third-order valence-corrected chi connectivity index (χ3v) is 4.33. The van der Waals surface area contributed by atoms with Crippen molar-refractivity contribution >= 4 is 58.4 Å². The Labute approximate surface area is 186 Å². The van der Waals surface area contributed by atoms with Crippen LogP contribution in [-0.4, -0.2) is 52.4 Å². The second-order valence-electron chi connectivity index (χ2n) is 5.96. The summed E-state index contributed by atoms with van der Waals surface area (Å²) in [4.78, 5) is 12.8. The summed E-state index contributed by atoms with van der Waals surface area (Å²) in [7, 11) is 3.62. The van der Waals surface area contributed by atoms with E-state index in [9.17, 15) is 0 Å². The smallest absolute Gasteiger partial charge is 0.191 e. The van der Waals surface area contributed by atoms with Crippen molar-refractivity contribution in [3.63, 3.8) is 0 Å². The average Bonchev–Trinajstić information content (AvgIpc) is 3.07. The van der Waals surface area contributed by atoms with Crippen LogP contribution in [0.15, 0.2) is 41.8 Å². The van der Waals surface area contributed by atoms with Crippen molar-refractivity contribution in [3.8, 4) is 0 Å². The molecule has 0 atom stereocenters. The van der Waals surface area contributed by atoms with Crippen molar-refractivity contribution in [3.05, 3.63) is 47.4 Å². The number of anilines is 1. The molecule has 1 aromatic carbocycles. The molecular weight excluding hydrogens is 491 g/mol. The molecule has 150 valence electrons. The molecule has 0 aliphatic rings. The molecule has 0 amide bonds. The quantitative estimate of drug-likeness (QED) is 0.194. The van der Waals surface area contributed by atoms with E-state index in [1.165, 1.54) is 11.9 Å². The minimum absolute atomic E-state index is 0. The summed E-state index contributed by atoms with van der Waals surface area (Å²) in [5.74, 6) is 1.54. The highest BCUT2D eigenvalue weighted by Gasteiger charge is 2.07. The van der Waals surface area contributed by atoms with E-state index < -0.39 is 0 Å². The van der Waals surface area contributed by atoms with Crippen LogP contribution in [0.1, 0.15) is 5.56 Å². The molecule has 0 saturated carbocycles. The molecule has 0 saturated heterocycles. The van der Waals surface area contributed by atoms with Gasteiger partial charge in [0, 0.05) is 38.8 Å². The summed E-state index contributed by atoms with van der Waals surface area (Å²) in [6, 6.07) is 7.88. The molecule has 2 heterocycles. The summed E-state index contributed by atoms with van der Waals surface area (Å²) in [5, 5.41) is 15.8. The molecule has 0 fully saturated rings. The Morgan fingerprint density at radius 2 is 1.86 bits per heavy atom. The highest BCUT2D eigenvalue weighted by Crippen LogP contribution is 2.17. The number of fused-ring (bicyclic) bond motifs is 1.